The molecule has 6 heteroatoms. The molecular weight excluding hydrogens is 490 g/mol. The number of fused-ring (bicyclic) bond motifs is 5. The maximum Gasteiger partial charge on any atom is 0.238 e. The van der Waals surface area contributed by atoms with Crippen LogP contribution in [0.5, 0.6) is 5.75 Å². The Labute approximate surface area is 225 Å². The molecule has 0 radical (unpaired) electrons. The molecule has 3 nitrogen and oxygen atoms in total. The molecule has 4 rings (SSSR count). The Balaban J connectivity index is 1.20. The molecule has 7 atom stereocenters. The highest BCUT2D eigenvalue weighted by molar-refractivity contribution is 7.84. The van der Waals surface area contributed by atoms with E-state index >= 15 is 0 Å². The summed E-state index contributed by atoms with van der Waals surface area (Å²) in [6, 6.07) is 6.03. The molecule has 3 aliphatic carbocycles. The van der Waals surface area contributed by atoms with Gasteiger partial charge in [0.15, 0.2) is 0 Å². The van der Waals surface area contributed by atoms with E-state index in [-0.39, 0.29) is 17.9 Å². The fourth-order valence-electron chi connectivity index (χ4n) is 8.09. The summed E-state index contributed by atoms with van der Waals surface area (Å²) in [5, 5.41) is 21.0. The van der Waals surface area contributed by atoms with Gasteiger partial charge in [-0.25, -0.2) is 8.78 Å². The number of rotatable bonds is 14. The van der Waals surface area contributed by atoms with Gasteiger partial charge in [0.05, 0.1) is 6.10 Å². The molecule has 0 spiro atoms. The van der Waals surface area contributed by atoms with E-state index in [0.717, 1.165) is 51.4 Å². The van der Waals surface area contributed by atoms with Crippen LogP contribution >= 0.6 is 0 Å². The maximum atomic E-state index is 12.2. The standard InChI is InChI=1S/C31H48F2O3S/c1-31-17-16-26-25-13-12-24(34)21-23(25)20-22(30(26)27(31)14-15-28(31)35)10-7-5-3-2-4-6-8-18-37(36)19-9-11-29(32)33/h12-13,21-22,26-30,34-35H,2-11,14-20H2,1H3/t22-,26?,27?,28?,30?,31?,37?/m1/s1. The van der Waals surface area contributed by atoms with E-state index in [2.05, 4.69) is 13.0 Å². The number of hydrogen-bond donors (Lipinski definition) is 2. The lowest BCUT2D eigenvalue weighted by Crippen LogP contribution is -2.47. The highest BCUT2D eigenvalue weighted by Crippen LogP contribution is 2.62. The maximum absolute atomic E-state index is 12.2. The van der Waals surface area contributed by atoms with Crippen molar-refractivity contribution in [2.24, 2.45) is 23.2 Å². The molecule has 0 aromatic heterocycles. The predicted octanol–water partition coefficient (Wildman–Crippen LogP) is 7.75. The molecule has 0 aliphatic heterocycles. The zero-order valence-electron chi connectivity index (χ0n) is 22.7. The lowest BCUT2D eigenvalue weighted by Gasteiger charge is -2.53. The smallest absolute Gasteiger partial charge is 0.238 e. The number of aliphatic hydroxyl groups excluding tert-OH is 1. The molecule has 6 unspecified atom stereocenters. The van der Waals surface area contributed by atoms with Gasteiger partial charge < -0.3 is 10.2 Å². The highest BCUT2D eigenvalue weighted by atomic mass is 32.2. The van der Waals surface area contributed by atoms with Gasteiger partial charge in [-0.3, -0.25) is 4.21 Å². The van der Waals surface area contributed by atoms with Gasteiger partial charge in [-0.2, -0.15) is 0 Å². The largest absolute Gasteiger partial charge is 0.508 e. The van der Waals surface area contributed by atoms with Crippen LogP contribution < -0.4 is 0 Å². The van der Waals surface area contributed by atoms with Crippen LogP contribution in [0, 0.1) is 23.2 Å². The molecule has 0 heterocycles. The van der Waals surface area contributed by atoms with E-state index in [0.29, 0.717) is 47.3 Å². The average Bonchev–Trinajstić information content (AvgIpc) is 3.16. The predicted molar refractivity (Wildman–Crippen MR) is 148 cm³/mol. The number of phenolic OH excluding ortho intramolecular Hbond substituents is 1. The molecule has 1 aromatic carbocycles. The van der Waals surface area contributed by atoms with Gasteiger partial charge in [-0.15, -0.1) is 0 Å². The van der Waals surface area contributed by atoms with E-state index in [1.807, 2.05) is 12.1 Å². The number of phenols is 1. The first kappa shape index (κ1) is 29.0. The quantitative estimate of drug-likeness (QED) is 0.238. The molecule has 2 fully saturated rings. The van der Waals surface area contributed by atoms with Gasteiger partial charge in [0.25, 0.3) is 0 Å². The molecular formula is C31H48F2O3S. The topological polar surface area (TPSA) is 57.5 Å². The third-order valence-electron chi connectivity index (χ3n) is 10.1. The Morgan fingerprint density at radius 1 is 1.00 bits per heavy atom. The Hall–Kier alpha value is -1.01. The summed E-state index contributed by atoms with van der Waals surface area (Å²) in [4.78, 5) is 0. The van der Waals surface area contributed by atoms with Crippen LogP contribution in [0.15, 0.2) is 18.2 Å². The third kappa shape index (κ3) is 7.15. The molecule has 3 aliphatic rings. The summed E-state index contributed by atoms with van der Waals surface area (Å²) in [6.45, 7) is 2.34. The number of aromatic hydroxyl groups is 1. The first-order chi connectivity index (χ1) is 17.8. The summed E-state index contributed by atoms with van der Waals surface area (Å²) in [6.07, 6.45) is 12.5. The minimum absolute atomic E-state index is 0.0699. The molecule has 210 valence electrons. The van der Waals surface area contributed by atoms with E-state index in [1.54, 1.807) is 0 Å². The first-order valence-electron chi connectivity index (χ1n) is 14.9. The number of aliphatic hydroxyl groups is 1. The molecule has 2 saturated carbocycles. The number of benzene rings is 1. The van der Waals surface area contributed by atoms with Gasteiger partial charge in [0.2, 0.25) is 6.43 Å². The van der Waals surface area contributed by atoms with Crippen molar-refractivity contribution in [2.75, 3.05) is 11.5 Å². The average molecular weight is 539 g/mol. The Bertz CT molecular complexity index is 893. The van der Waals surface area contributed by atoms with E-state index in [1.165, 1.54) is 43.2 Å². The van der Waals surface area contributed by atoms with Crippen molar-refractivity contribution in [2.45, 2.75) is 122 Å². The second-order valence-corrected chi connectivity index (χ2v) is 14.1. The molecule has 0 saturated heterocycles. The fourth-order valence-corrected chi connectivity index (χ4v) is 9.30. The van der Waals surface area contributed by atoms with Crippen molar-refractivity contribution in [1.82, 2.24) is 0 Å². The van der Waals surface area contributed by atoms with Gasteiger partial charge in [-0.1, -0.05) is 51.5 Å². The van der Waals surface area contributed by atoms with Crippen molar-refractivity contribution >= 4 is 10.8 Å². The second-order valence-electron chi connectivity index (χ2n) is 12.4. The minimum Gasteiger partial charge on any atom is -0.508 e. The molecule has 2 N–H and O–H groups in total. The van der Waals surface area contributed by atoms with E-state index in [9.17, 15) is 23.2 Å². The van der Waals surface area contributed by atoms with Crippen molar-refractivity contribution in [3.05, 3.63) is 29.3 Å². The van der Waals surface area contributed by atoms with Crippen molar-refractivity contribution in [3.8, 4) is 5.75 Å². The van der Waals surface area contributed by atoms with E-state index in [4.69, 9.17) is 0 Å². The second kappa shape index (κ2) is 13.4. The van der Waals surface area contributed by atoms with Gasteiger partial charge in [0.1, 0.15) is 5.75 Å². The lowest BCUT2D eigenvalue weighted by atomic mass is 9.52. The Kier molecular flexibility index (Phi) is 10.5. The summed E-state index contributed by atoms with van der Waals surface area (Å²) >= 11 is 0. The number of alkyl halides is 2. The van der Waals surface area contributed by atoms with E-state index < -0.39 is 17.2 Å². The Morgan fingerprint density at radius 2 is 1.70 bits per heavy atom. The Morgan fingerprint density at radius 3 is 2.46 bits per heavy atom. The van der Waals surface area contributed by atoms with Crippen LogP contribution in [0.1, 0.15) is 114 Å². The summed E-state index contributed by atoms with van der Waals surface area (Å²) in [5.41, 5.74) is 2.87. The van der Waals surface area contributed by atoms with Crippen molar-refractivity contribution < 1.29 is 23.2 Å². The summed E-state index contributed by atoms with van der Waals surface area (Å²) < 4.78 is 36.3. The fraction of sp³-hybridized carbons (Fsp3) is 0.806. The summed E-state index contributed by atoms with van der Waals surface area (Å²) in [5.74, 6) is 3.90. The highest BCUT2D eigenvalue weighted by Gasteiger charge is 2.56. The van der Waals surface area contributed by atoms with Crippen molar-refractivity contribution in [1.29, 1.82) is 0 Å². The SMILES string of the molecule is CC12CCC3c4ccc(O)cc4C[C@@H](CCCCCCCCCS(=O)CCCC(F)F)C3C1CCC2O. The van der Waals surface area contributed by atoms with Gasteiger partial charge in [-0.05, 0) is 104 Å². The van der Waals surface area contributed by atoms with Crippen LogP contribution in [-0.4, -0.2) is 38.5 Å². The zero-order chi connectivity index (χ0) is 26.4. The first-order valence-corrected chi connectivity index (χ1v) is 16.4. The summed E-state index contributed by atoms with van der Waals surface area (Å²) in [7, 11) is -0.943. The van der Waals surface area contributed by atoms with Crippen LogP contribution in [0.4, 0.5) is 8.78 Å². The lowest BCUT2D eigenvalue weighted by molar-refractivity contribution is -0.0396. The van der Waals surface area contributed by atoms with Gasteiger partial charge in [0, 0.05) is 28.7 Å². The zero-order valence-corrected chi connectivity index (χ0v) is 23.5. The van der Waals surface area contributed by atoms with Gasteiger partial charge >= 0.3 is 0 Å². The normalized spacial score (nSPS) is 31.6. The van der Waals surface area contributed by atoms with Crippen LogP contribution in [0.3, 0.4) is 0 Å². The molecule has 0 bridgehead atoms. The van der Waals surface area contributed by atoms with Crippen LogP contribution in [-0.2, 0) is 17.2 Å². The molecule has 1 aromatic rings. The van der Waals surface area contributed by atoms with Crippen molar-refractivity contribution in [3.63, 3.8) is 0 Å². The molecule has 0 amide bonds. The third-order valence-corrected chi connectivity index (χ3v) is 11.6. The number of unbranched alkanes of at least 4 members (excludes halogenated alkanes) is 6. The number of halogens is 2. The number of hydrogen-bond acceptors (Lipinski definition) is 3. The van der Waals surface area contributed by atoms with Crippen LogP contribution in [0.2, 0.25) is 0 Å². The minimum atomic E-state index is -2.28. The molecule has 37 heavy (non-hydrogen) atoms. The van der Waals surface area contributed by atoms with Crippen LogP contribution in [0.25, 0.3) is 0 Å². The monoisotopic (exact) mass is 538 g/mol.